The number of aryl methyl sites for hydroxylation is 1. The third-order valence-corrected chi connectivity index (χ3v) is 4.12. The van der Waals surface area contributed by atoms with E-state index in [2.05, 4.69) is 15.9 Å². The van der Waals surface area contributed by atoms with Crippen LogP contribution in [-0.4, -0.2) is 30.4 Å². The van der Waals surface area contributed by atoms with Gasteiger partial charge in [0.05, 0.1) is 6.10 Å². The van der Waals surface area contributed by atoms with Crippen molar-refractivity contribution in [3.05, 3.63) is 27.7 Å². The molecule has 5 heteroatoms. The second-order valence-corrected chi connectivity index (χ2v) is 6.08. The number of carbonyl (C=O) groups is 1. The van der Waals surface area contributed by atoms with Gasteiger partial charge in [-0.25, -0.2) is 4.79 Å². The summed E-state index contributed by atoms with van der Waals surface area (Å²) in [6.07, 6.45) is 4.06. The summed E-state index contributed by atoms with van der Waals surface area (Å²) < 4.78 is 12.1. The zero-order valence-corrected chi connectivity index (χ0v) is 13.3. The predicted molar refractivity (Wildman–Crippen MR) is 79.5 cm³/mol. The van der Waals surface area contributed by atoms with Crippen LogP contribution in [0, 0.1) is 6.92 Å². The van der Waals surface area contributed by atoms with E-state index in [1.807, 2.05) is 13.0 Å². The molecule has 0 amide bonds. The first-order valence-corrected chi connectivity index (χ1v) is 7.53. The van der Waals surface area contributed by atoms with E-state index in [0.29, 0.717) is 5.75 Å². The van der Waals surface area contributed by atoms with Gasteiger partial charge in [0.15, 0.2) is 0 Å². The summed E-state index contributed by atoms with van der Waals surface area (Å²) in [5.41, 5.74) is 1.03. The lowest BCUT2D eigenvalue weighted by atomic mass is 9.94. The molecule has 1 aliphatic carbocycles. The van der Waals surface area contributed by atoms with Crippen LogP contribution in [-0.2, 0) is 4.74 Å². The highest BCUT2D eigenvalue weighted by atomic mass is 79.9. The number of hydrogen-bond donors (Lipinski definition) is 1. The van der Waals surface area contributed by atoms with Crippen molar-refractivity contribution in [2.24, 2.45) is 0 Å². The molecule has 110 valence electrons. The van der Waals surface area contributed by atoms with Gasteiger partial charge in [0.25, 0.3) is 0 Å². The summed E-state index contributed by atoms with van der Waals surface area (Å²) in [4.78, 5) is 11.4. The molecule has 2 unspecified atom stereocenters. The summed E-state index contributed by atoms with van der Waals surface area (Å²) in [5.74, 6) is -0.494. The molecule has 1 fully saturated rings. The highest BCUT2D eigenvalue weighted by Gasteiger charge is 2.25. The van der Waals surface area contributed by atoms with Crippen LogP contribution in [0.2, 0.25) is 0 Å². The molecule has 0 spiro atoms. The van der Waals surface area contributed by atoms with Gasteiger partial charge in [-0.3, -0.25) is 0 Å². The van der Waals surface area contributed by atoms with E-state index in [0.717, 1.165) is 35.7 Å². The molecule has 1 saturated carbocycles. The van der Waals surface area contributed by atoms with Gasteiger partial charge in [-0.2, -0.15) is 0 Å². The summed E-state index contributed by atoms with van der Waals surface area (Å²) in [7, 11) is 1.71. The van der Waals surface area contributed by atoms with Gasteiger partial charge in [-0.05, 0) is 43.9 Å². The molecule has 0 radical (unpaired) electrons. The maximum atomic E-state index is 11.4. The molecule has 0 bridgehead atoms. The van der Waals surface area contributed by atoms with E-state index in [1.165, 1.54) is 0 Å². The van der Waals surface area contributed by atoms with Crippen molar-refractivity contribution in [3.63, 3.8) is 0 Å². The van der Waals surface area contributed by atoms with Crippen LogP contribution in [0.4, 0.5) is 0 Å². The van der Waals surface area contributed by atoms with Crippen LogP contribution in [0.25, 0.3) is 0 Å². The first-order chi connectivity index (χ1) is 9.51. The van der Waals surface area contributed by atoms with E-state index < -0.39 is 5.97 Å². The lowest BCUT2D eigenvalue weighted by molar-refractivity contribution is 0.0202. The molecule has 1 aromatic carbocycles. The topological polar surface area (TPSA) is 55.8 Å². The minimum absolute atomic E-state index is 0.0201. The molecule has 1 aromatic rings. The van der Waals surface area contributed by atoms with Crippen LogP contribution in [0.1, 0.15) is 41.6 Å². The standard InChI is InChI=1S/C15H19BrO4/c1-9-6-10(16)7-13(15(17)18)14(9)20-12-5-3-4-11(8-12)19-2/h6-7,11-12H,3-5,8H2,1-2H3,(H,17,18). The van der Waals surface area contributed by atoms with Gasteiger partial charge in [0.2, 0.25) is 0 Å². The Morgan fingerprint density at radius 3 is 2.70 bits per heavy atom. The van der Waals surface area contributed by atoms with E-state index >= 15 is 0 Å². The summed E-state index contributed by atoms with van der Waals surface area (Å²) in [6.45, 7) is 1.86. The Morgan fingerprint density at radius 2 is 2.05 bits per heavy atom. The molecule has 2 atom stereocenters. The minimum atomic E-state index is -0.969. The summed E-state index contributed by atoms with van der Waals surface area (Å²) >= 11 is 3.32. The van der Waals surface area contributed by atoms with E-state index in [4.69, 9.17) is 9.47 Å². The number of rotatable bonds is 4. The molecule has 0 saturated heterocycles. The predicted octanol–water partition coefficient (Wildman–Crippen LogP) is 3.79. The van der Waals surface area contributed by atoms with Crippen molar-refractivity contribution in [2.75, 3.05) is 7.11 Å². The molecular weight excluding hydrogens is 324 g/mol. The number of benzene rings is 1. The second-order valence-electron chi connectivity index (χ2n) is 5.17. The highest BCUT2D eigenvalue weighted by Crippen LogP contribution is 2.32. The average Bonchev–Trinajstić information content (AvgIpc) is 2.41. The first kappa shape index (κ1) is 15.3. The first-order valence-electron chi connectivity index (χ1n) is 6.74. The molecule has 0 aliphatic heterocycles. The number of methoxy groups -OCH3 is 1. The Kier molecular flexibility index (Phi) is 5.05. The Morgan fingerprint density at radius 1 is 1.35 bits per heavy atom. The smallest absolute Gasteiger partial charge is 0.339 e. The van der Waals surface area contributed by atoms with Crippen LogP contribution >= 0.6 is 15.9 Å². The molecule has 0 aromatic heterocycles. The van der Waals surface area contributed by atoms with Crippen molar-refractivity contribution in [1.82, 2.24) is 0 Å². The van der Waals surface area contributed by atoms with Gasteiger partial charge in [-0.15, -0.1) is 0 Å². The van der Waals surface area contributed by atoms with Crippen molar-refractivity contribution in [3.8, 4) is 5.75 Å². The highest BCUT2D eigenvalue weighted by molar-refractivity contribution is 9.10. The quantitative estimate of drug-likeness (QED) is 0.904. The third-order valence-electron chi connectivity index (χ3n) is 3.67. The molecular formula is C15H19BrO4. The molecule has 0 heterocycles. The Hall–Kier alpha value is -1.07. The van der Waals surface area contributed by atoms with Crippen LogP contribution in [0.5, 0.6) is 5.75 Å². The zero-order valence-electron chi connectivity index (χ0n) is 11.7. The molecule has 4 nitrogen and oxygen atoms in total. The maximum absolute atomic E-state index is 11.4. The van der Waals surface area contributed by atoms with E-state index in [1.54, 1.807) is 13.2 Å². The molecule has 2 rings (SSSR count). The zero-order chi connectivity index (χ0) is 14.7. The molecule has 1 aliphatic rings. The van der Waals surface area contributed by atoms with Crippen molar-refractivity contribution >= 4 is 21.9 Å². The lowest BCUT2D eigenvalue weighted by Crippen LogP contribution is -2.30. The number of hydrogen-bond acceptors (Lipinski definition) is 3. The van der Waals surface area contributed by atoms with E-state index in [-0.39, 0.29) is 17.8 Å². The number of halogens is 1. The SMILES string of the molecule is COC1CCCC(Oc2c(C)cc(Br)cc2C(=O)O)C1. The number of carboxylic acid groups (broad SMARTS) is 1. The van der Waals surface area contributed by atoms with Crippen molar-refractivity contribution in [2.45, 2.75) is 44.8 Å². The van der Waals surface area contributed by atoms with Crippen LogP contribution < -0.4 is 4.74 Å². The summed E-state index contributed by atoms with van der Waals surface area (Å²) in [5, 5.41) is 9.32. The largest absolute Gasteiger partial charge is 0.489 e. The number of ether oxygens (including phenoxy) is 2. The number of aromatic carboxylic acids is 1. The van der Waals surface area contributed by atoms with Gasteiger partial charge in [0, 0.05) is 18.0 Å². The van der Waals surface area contributed by atoms with E-state index in [9.17, 15) is 9.90 Å². The lowest BCUT2D eigenvalue weighted by Gasteiger charge is -2.29. The fourth-order valence-corrected chi connectivity index (χ4v) is 3.21. The average molecular weight is 343 g/mol. The Labute approximate surface area is 127 Å². The van der Waals surface area contributed by atoms with Gasteiger partial charge in [-0.1, -0.05) is 15.9 Å². The fraction of sp³-hybridized carbons (Fsp3) is 0.533. The van der Waals surface area contributed by atoms with Crippen LogP contribution in [0.3, 0.4) is 0 Å². The monoisotopic (exact) mass is 342 g/mol. The third kappa shape index (κ3) is 3.52. The molecule has 20 heavy (non-hydrogen) atoms. The maximum Gasteiger partial charge on any atom is 0.339 e. The minimum Gasteiger partial charge on any atom is -0.489 e. The second kappa shape index (κ2) is 6.59. The fourth-order valence-electron chi connectivity index (χ4n) is 2.64. The van der Waals surface area contributed by atoms with Gasteiger partial charge < -0.3 is 14.6 Å². The Bertz CT molecular complexity index is 501. The number of carboxylic acids is 1. The van der Waals surface area contributed by atoms with Gasteiger partial charge >= 0.3 is 5.97 Å². The van der Waals surface area contributed by atoms with Gasteiger partial charge in [0.1, 0.15) is 17.4 Å². The molecule has 1 N–H and O–H groups in total. The summed E-state index contributed by atoms with van der Waals surface area (Å²) in [6, 6.07) is 3.46. The van der Waals surface area contributed by atoms with Crippen molar-refractivity contribution < 1.29 is 19.4 Å². The normalized spacial score (nSPS) is 22.6. The van der Waals surface area contributed by atoms with Crippen molar-refractivity contribution in [1.29, 1.82) is 0 Å². The Balaban J connectivity index is 2.22. The van der Waals surface area contributed by atoms with Crippen LogP contribution in [0.15, 0.2) is 16.6 Å².